The van der Waals surface area contributed by atoms with Crippen LogP contribution in [0.25, 0.3) is 0 Å². The predicted molar refractivity (Wildman–Crippen MR) is 98.0 cm³/mol. The first-order valence-corrected chi connectivity index (χ1v) is 8.32. The standard InChI is InChI=1S/C20H30O4/c1-5-13-23-15-17(3)19(21)11-9-7-8-10-12-20(22)18(4)16-24-14-6-2/h5-6H,1-4,7-16H2. The smallest absolute Gasteiger partial charge is 0.160 e. The molecular formula is C20H30O4. The molecule has 4 heteroatoms. The van der Waals surface area contributed by atoms with Gasteiger partial charge in [-0.25, -0.2) is 0 Å². The first kappa shape index (κ1) is 22.2. The molecule has 0 N–H and O–H groups in total. The third kappa shape index (κ3) is 11.7. The van der Waals surface area contributed by atoms with Gasteiger partial charge in [0, 0.05) is 24.0 Å². The summed E-state index contributed by atoms with van der Waals surface area (Å²) < 4.78 is 10.4. The Labute approximate surface area is 145 Å². The highest BCUT2D eigenvalue weighted by Gasteiger charge is 2.08. The highest BCUT2D eigenvalue weighted by atomic mass is 16.5. The van der Waals surface area contributed by atoms with Crippen LogP contribution in [0, 0.1) is 0 Å². The fraction of sp³-hybridized carbons (Fsp3) is 0.500. The molecule has 0 radical (unpaired) electrons. The minimum Gasteiger partial charge on any atom is -0.373 e. The first-order chi connectivity index (χ1) is 11.5. The number of rotatable bonds is 17. The lowest BCUT2D eigenvalue weighted by Gasteiger charge is -2.06. The molecule has 0 aliphatic carbocycles. The maximum atomic E-state index is 11.8. The molecule has 4 nitrogen and oxygen atoms in total. The van der Waals surface area contributed by atoms with Crippen LogP contribution in [0.4, 0.5) is 0 Å². The number of ether oxygens (including phenoxy) is 2. The number of hydrogen-bond donors (Lipinski definition) is 0. The van der Waals surface area contributed by atoms with Gasteiger partial charge in [-0.15, -0.1) is 13.2 Å². The highest BCUT2D eigenvalue weighted by molar-refractivity contribution is 5.95. The molecule has 0 aliphatic rings. The third-order valence-electron chi connectivity index (χ3n) is 3.37. The zero-order valence-corrected chi connectivity index (χ0v) is 14.7. The van der Waals surface area contributed by atoms with Crippen molar-refractivity contribution in [2.24, 2.45) is 0 Å². The summed E-state index contributed by atoms with van der Waals surface area (Å²) in [6.45, 7) is 15.9. The highest BCUT2D eigenvalue weighted by Crippen LogP contribution is 2.10. The lowest BCUT2D eigenvalue weighted by molar-refractivity contribution is -0.117. The molecule has 0 spiro atoms. The molecule has 0 amide bonds. The van der Waals surface area contributed by atoms with Crippen molar-refractivity contribution in [1.82, 2.24) is 0 Å². The van der Waals surface area contributed by atoms with Crippen LogP contribution in [0.2, 0.25) is 0 Å². The van der Waals surface area contributed by atoms with Crippen molar-refractivity contribution >= 4 is 11.6 Å². The summed E-state index contributed by atoms with van der Waals surface area (Å²) in [5.74, 6) is 0.0887. The van der Waals surface area contributed by atoms with Crippen LogP contribution in [-0.4, -0.2) is 38.0 Å². The number of ketones is 2. The Morgan fingerprint density at radius 2 is 1.08 bits per heavy atom. The van der Waals surface area contributed by atoms with E-state index in [-0.39, 0.29) is 24.8 Å². The number of carbonyl (C=O) groups excluding carboxylic acids is 2. The average Bonchev–Trinajstić information content (AvgIpc) is 2.57. The van der Waals surface area contributed by atoms with Gasteiger partial charge in [-0.2, -0.15) is 0 Å². The summed E-state index contributed by atoms with van der Waals surface area (Å²) in [7, 11) is 0. The quantitative estimate of drug-likeness (QED) is 0.229. The number of Topliss-reactive ketones (excluding diaryl/α,β-unsaturated/α-hetero) is 2. The number of carbonyl (C=O) groups is 2. The molecule has 0 aromatic carbocycles. The van der Waals surface area contributed by atoms with Crippen molar-refractivity contribution in [2.45, 2.75) is 38.5 Å². The van der Waals surface area contributed by atoms with Crippen molar-refractivity contribution in [3.8, 4) is 0 Å². The SMILES string of the molecule is C=CCOCC(=C)C(=O)CCCCCCC(=O)C(=C)COCC=C. The van der Waals surface area contributed by atoms with E-state index in [2.05, 4.69) is 26.3 Å². The Balaban J connectivity index is 3.65. The van der Waals surface area contributed by atoms with Crippen LogP contribution in [-0.2, 0) is 19.1 Å². The summed E-state index contributed by atoms with van der Waals surface area (Å²) in [6.07, 6.45) is 7.67. The number of unbranched alkanes of at least 4 members (excludes halogenated alkanes) is 3. The van der Waals surface area contributed by atoms with Crippen LogP contribution < -0.4 is 0 Å². The normalized spacial score (nSPS) is 10.2. The van der Waals surface area contributed by atoms with E-state index in [0.717, 1.165) is 25.7 Å². The monoisotopic (exact) mass is 334 g/mol. The molecule has 0 aromatic rings. The first-order valence-electron chi connectivity index (χ1n) is 8.32. The predicted octanol–water partition coefficient (Wildman–Crippen LogP) is 3.98. The Kier molecular flexibility index (Phi) is 13.7. The van der Waals surface area contributed by atoms with E-state index in [1.807, 2.05) is 0 Å². The number of hydrogen-bond acceptors (Lipinski definition) is 4. The molecule has 24 heavy (non-hydrogen) atoms. The van der Waals surface area contributed by atoms with Crippen molar-refractivity contribution in [1.29, 1.82) is 0 Å². The summed E-state index contributed by atoms with van der Waals surface area (Å²) in [5, 5.41) is 0. The van der Waals surface area contributed by atoms with Gasteiger partial charge >= 0.3 is 0 Å². The summed E-state index contributed by atoms with van der Waals surface area (Å²) in [6, 6.07) is 0. The van der Waals surface area contributed by atoms with Gasteiger partial charge in [0.1, 0.15) is 0 Å². The molecule has 0 fully saturated rings. The Morgan fingerprint density at radius 3 is 1.42 bits per heavy atom. The maximum Gasteiger partial charge on any atom is 0.160 e. The second kappa shape index (κ2) is 14.8. The summed E-state index contributed by atoms with van der Waals surface area (Å²) in [4.78, 5) is 23.6. The molecule has 0 aliphatic heterocycles. The minimum absolute atomic E-state index is 0.0443. The molecule has 0 aromatic heterocycles. The molecule has 0 atom stereocenters. The van der Waals surface area contributed by atoms with Gasteiger partial charge in [0.15, 0.2) is 11.6 Å². The minimum atomic E-state index is 0.0443. The molecule has 0 saturated carbocycles. The van der Waals surface area contributed by atoms with E-state index in [4.69, 9.17) is 9.47 Å². The zero-order chi connectivity index (χ0) is 18.2. The van der Waals surface area contributed by atoms with Crippen LogP contribution in [0.3, 0.4) is 0 Å². The van der Waals surface area contributed by atoms with Gasteiger partial charge < -0.3 is 9.47 Å². The molecule has 0 heterocycles. The lowest BCUT2D eigenvalue weighted by atomic mass is 10.0. The van der Waals surface area contributed by atoms with E-state index in [1.54, 1.807) is 12.2 Å². The molecule has 134 valence electrons. The van der Waals surface area contributed by atoms with Crippen molar-refractivity contribution in [3.05, 3.63) is 49.6 Å². The molecule has 0 saturated heterocycles. The van der Waals surface area contributed by atoms with Gasteiger partial charge in [-0.05, 0) is 12.8 Å². The molecular weight excluding hydrogens is 304 g/mol. The van der Waals surface area contributed by atoms with Gasteiger partial charge in [0.25, 0.3) is 0 Å². The summed E-state index contributed by atoms with van der Waals surface area (Å²) >= 11 is 0. The van der Waals surface area contributed by atoms with Crippen LogP contribution in [0.1, 0.15) is 38.5 Å². The van der Waals surface area contributed by atoms with E-state index < -0.39 is 0 Å². The van der Waals surface area contributed by atoms with Gasteiger partial charge in [0.05, 0.1) is 26.4 Å². The van der Waals surface area contributed by atoms with Crippen LogP contribution in [0.15, 0.2) is 49.6 Å². The molecule has 0 bridgehead atoms. The lowest BCUT2D eigenvalue weighted by Crippen LogP contribution is -2.09. The largest absolute Gasteiger partial charge is 0.373 e. The van der Waals surface area contributed by atoms with Gasteiger partial charge in [-0.3, -0.25) is 9.59 Å². The van der Waals surface area contributed by atoms with Crippen molar-refractivity contribution < 1.29 is 19.1 Å². The van der Waals surface area contributed by atoms with E-state index in [9.17, 15) is 9.59 Å². The Hall–Kier alpha value is -1.78. The van der Waals surface area contributed by atoms with Crippen molar-refractivity contribution in [3.63, 3.8) is 0 Å². The zero-order valence-electron chi connectivity index (χ0n) is 14.7. The van der Waals surface area contributed by atoms with Gasteiger partial charge in [-0.1, -0.05) is 38.2 Å². The maximum absolute atomic E-state index is 11.8. The second-order valence-electron chi connectivity index (χ2n) is 5.58. The van der Waals surface area contributed by atoms with E-state index in [1.165, 1.54) is 0 Å². The summed E-state index contributed by atoms with van der Waals surface area (Å²) in [5.41, 5.74) is 1.01. The Bertz CT molecular complexity index is 407. The fourth-order valence-electron chi connectivity index (χ4n) is 1.97. The third-order valence-corrected chi connectivity index (χ3v) is 3.37. The van der Waals surface area contributed by atoms with Gasteiger partial charge in [0.2, 0.25) is 0 Å². The van der Waals surface area contributed by atoms with E-state index in [0.29, 0.717) is 37.2 Å². The second-order valence-corrected chi connectivity index (χ2v) is 5.58. The Morgan fingerprint density at radius 1 is 0.708 bits per heavy atom. The average molecular weight is 334 g/mol. The molecule has 0 unspecified atom stereocenters. The van der Waals surface area contributed by atoms with E-state index >= 15 is 0 Å². The molecule has 0 rings (SSSR count). The fourth-order valence-corrected chi connectivity index (χ4v) is 1.97. The van der Waals surface area contributed by atoms with Crippen LogP contribution >= 0.6 is 0 Å². The topological polar surface area (TPSA) is 52.6 Å². The van der Waals surface area contributed by atoms with Crippen molar-refractivity contribution in [2.75, 3.05) is 26.4 Å². The van der Waals surface area contributed by atoms with Crippen LogP contribution in [0.5, 0.6) is 0 Å².